The standard InChI is InChI=1S/C13H14ClFN4/c1-3-16-13-17-8-11(14)12(18-13)19(2)10-6-4-9(15)5-7-10/h4-8H,3H2,1-2H3,(H,16,17,18). The lowest BCUT2D eigenvalue weighted by Gasteiger charge is -2.19. The van der Waals surface area contributed by atoms with E-state index >= 15 is 0 Å². The van der Waals surface area contributed by atoms with Gasteiger partial charge in [0.25, 0.3) is 0 Å². The second kappa shape index (κ2) is 5.84. The molecule has 0 unspecified atom stereocenters. The van der Waals surface area contributed by atoms with Crippen LogP contribution in [-0.4, -0.2) is 23.6 Å². The lowest BCUT2D eigenvalue weighted by Crippen LogP contribution is -2.13. The Morgan fingerprint density at radius 3 is 2.63 bits per heavy atom. The Hall–Kier alpha value is -1.88. The molecule has 100 valence electrons. The minimum absolute atomic E-state index is 0.278. The molecular weight excluding hydrogens is 267 g/mol. The van der Waals surface area contributed by atoms with E-state index in [0.717, 1.165) is 12.2 Å². The number of hydrogen-bond acceptors (Lipinski definition) is 4. The number of anilines is 3. The third-order valence-electron chi connectivity index (χ3n) is 2.59. The van der Waals surface area contributed by atoms with Crippen LogP contribution < -0.4 is 10.2 Å². The van der Waals surface area contributed by atoms with E-state index in [1.165, 1.54) is 12.1 Å². The largest absolute Gasteiger partial charge is 0.354 e. The molecule has 1 aromatic carbocycles. The van der Waals surface area contributed by atoms with Crippen LogP contribution in [0.15, 0.2) is 30.5 Å². The lowest BCUT2D eigenvalue weighted by molar-refractivity contribution is 0.628. The summed E-state index contributed by atoms with van der Waals surface area (Å²) in [5.41, 5.74) is 0.796. The van der Waals surface area contributed by atoms with Crippen molar-refractivity contribution in [2.45, 2.75) is 6.92 Å². The van der Waals surface area contributed by atoms with Crippen LogP contribution in [0.5, 0.6) is 0 Å². The van der Waals surface area contributed by atoms with Crippen LogP contribution in [0.2, 0.25) is 5.02 Å². The van der Waals surface area contributed by atoms with Gasteiger partial charge in [-0.1, -0.05) is 11.6 Å². The number of halogens is 2. The van der Waals surface area contributed by atoms with Gasteiger partial charge in [0.05, 0.1) is 6.20 Å². The highest BCUT2D eigenvalue weighted by atomic mass is 35.5. The van der Waals surface area contributed by atoms with Gasteiger partial charge in [0.2, 0.25) is 5.95 Å². The van der Waals surface area contributed by atoms with Crippen molar-refractivity contribution in [3.63, 3.8) is 0 Å². The van der Waals surface area contributed by atoms with Gasteiger partial charge in [-0.15, -0.1) is 0 Å². The van der Waals surface area contributed by atoms with E-state index in [0.29, 0.717) is 16.8 Å². The molecule has 2 rings (SSSR count). The van der Waals surface area contributed by atoms with E-state index in [9.17, 15) is 4.39 Å². The van der Waals surface area contributed by atoms with Gasteiger partial charge >= 0.3 is 0 Å². The summed E-state index contributed by atoms with van der Waals surface area (Å²) in [6, 6.07) is 6.12. The van der Waals surface area contributed by atoms with Gasteiger partial charge in [0.1, 0.15) is 10.8 Å². The van der Waals surface area contributed by atoms with Gasteiger partial charge < -0.3 is 10.2 Å². The van der Waals surface area contributed by atoms with Crippen molar-refractivity contribution in [2.75, 3.05) is 23.8 Å². The Bertz CT molecular complexity index is 559. The number of nitrogens with one attached hydrogen (secondary N) is 1. The van der Waals surface area contributed by atoms with Crippen LogP contribution in [0.25, 0.3) is 0 Å². The van der Waals surface area contributed by atoms with Crippen LogP contribution in [0.1, 0.15) is 6.92 Å². The number of rotatable bonds is 4. The Morgan fingerprint density at radius 1 is 1.32 bits per heavy atom. The molecule has 1 aromatic heterocycles. The van der Waals surface area contributed by atoms with E-state index in [4.69, 9.17) is 11.6 Å². The van der Waals surface area contributed by atoms with Crippen LogP contribution in [0.3, 0.4) is 0 Å². The van der Waals surface area contributed by atoms with Crippen LogP contribution in [0.4, 0.5) is 21.8 Å². The monoisotopic (exact) mass is 280 g/mol. The maximum absolute atomic E-state index is 12.9. The minimum atomic E-state index is -0.278. The zero-order chi connectivity index (χ0) is 13.8. The second-order valence-corrected chi connectivity index (χ2v) is 4.34. The van der Waals surface area contributed by atoms with Crippen molar-refractivity contribution in [2.24, 2.45) is 0 Å². The number of hydrogen-bond donors (Lipinski definition) is 1. The third-order valence-corrected chi connectivity index (χ3v) is 2.86. The first-order valence-electron chi connectivity index (χ1n) is 5.87. The molecule has 0 saturated heterocycles. The maximum atomic E-state index is 12.9. The molecule has 1 N–H and O–H groups in total. The van der Waals surface area contributed by atoms with Gasteiger partial charge in [0.15, 0.2) is 5.82 Å². The highest BCUT2D eigenvalue weighted by Crippen LogP contribution is 2.28. The molecular formula is C13H14ClFN4. The zero-order valence-electron chi connectivity index (χ0n) is 10.7. The summed E-state index contributed by atoms with van der Waals surface area (Å²) in [6.07, 6.45) is 1.54. The van der Waals surface area contributed by atoms with Crippen molar-refractivity contribution in [3.8, 4) is 0 Å². The Labute approximate surface area is 116 Å². The Kier molecular flexibility index (Phi) is 4.16. The van der Waals surface area contributed by atoms with Gasteiger partial charge in [0, 0.05) is 19.3 Å². The third kappa shape index (κ3) is 3.12. The first-order chi connectivity index (χ1) is 9.11. The maximum Gasteiger partial charge on any atom is 0.224 e. The predicted octanol–water partition coefficient (Wildman–Crippen LogP) is 3.47. The molecule has 0 aliphatic rings. The number of aromatic nitrogens is 2. The summed E-state index contributed by atoms with van der Waals surface area (Å²) in [7, 11) is 1.82. The fourth-order valence-corrected chi connectivity index (χ4v) is 1.84. The molecule has 0 atom stereocenters. The average molecular weight is 281 g/mol. The van der Waals surface area contributed by atoms with Crippen molar-refractivity contribution in [1.82, 2.24) is 9.97 Å². The topological polar surface area (TPSA) is 41.1 Å². The average Bonchev–Trinajstić information content (AvgIpc) is 2.41. The SMILES string of the molecule is CCNc1ncc(Cl)c(N(C)c2ccc(F)cc2)n1. The Morgan fingerprint density at radius 2 is 2.00 bits per heavy atom. The van der Waals surface area contributed by atoms with Gasteiger partial charge in [-0.25, -0.2) is 9.37 Å². The molecule has 19 heavy (non-hydrogen) atoms. The van der Waals surface area contributed by atoms with E-state index in [2.05, 4.69) is 15.3 Å². The van der Waals surface area contributed by atoms with Gasteiger partial charge in [-0.2, -0.15) is 4.98 Å². The first-order valence-corrected chi connectivity index (χ1v) is 6.25. The minimum Gasteiger partial charge on any atom is -0.354 e. The van der Waals surface area contributed by atoms with E-state index in [1.807, 2.05) is 14.0 Å². The van der Waals surface area contributed by atoms with Crippen LogP contribution in [-0.2, 0) is 0 Å². The molecule has 0 saturated carbocycles. The summed E-state index contributed by atoms with van der Waals surface area (Å²) >= 11 is 6.10. The smallest absolute Gasteiger partial charge is 0.224 e. The quantitative estimate of drug-likeness (QED) is 0.931. The van der Waals surface area contributed by atoms with E-state index in [-0.39, 0.29) is 5.82 Å². The van der Waals surface area contributed by atoms with Crippen LogP contribution >= 0.6 is 11.6 Å². The normalized spacial score (nSPS) is 10.3. The summed E-state index contributed by atoms with van der Waals surface area (Å²) in [5.74, 6) is 0.800. The molecule has 0 aliphatic carbocycles. The summed E-state index contributed by atoms with van der Waals surface area (Å²) in [5, 5.41) is 3.46. The molecule has 2 aromatic rings. The highest BCUT2D eigenvalue weighted by molar-refractivity contribution is 6.33. The van der Waals surface area contributed by atoms with Crippen molar-refractivity contribution < 1.29 is 4.39 Å². The molecule has 0 amide bonds. The molecule has 0 radical (unpaired) electrons. The fraction of sp³-hybridized carbons (Fsp3) is 0.231. The summed E-state index contributed by atoms with van der Waals surface area (Å²) in [4.78, 5) is 10.2. The van der Waals surface area contributed by atoms with Gasteiger partial charge in [-0.3, -0.25) is 0 Å². The molecule has 0 spiro atoms. The molecule has 6 heteroatoms. The van der Waals surface area contributed by atoms with E-state index < -0.39 is 0 Å². The first kappa shape index (κ1) is 13.5. The lowest BCUT2D eigenvalue weighted by atomic mass is 10.3. The molecule has 0 aliphatic heterocycles. The van der Waals surface area contributed by atoms with Gasteiger partial charge in [-0.05, 0) is 31.2 Å². The van der Waals surface area contributed by atoms with Crippen LogP contribution in [0, 0.1) is 5.82 Å². The number of benzene rings is 1. The van der Waals surface area contributed by atoms with Crippen molar-refractivity contribution in [3.05, 3.63) is 41.3 Å². The zero-order valence-corrected chi connectivity index (χ0v) is 11.4. The van der Waals surface area contributed by atoms with E-state index in [1.54, 1.807) is 23.2 Å². The fourth-order valence-electron chi connectivity index (χ4n) is 1.62. The highest BCUT2D eigenvalue weighted by Gasteiger charge is 2.11. The van der Waals surface area contributed by atoms with Crippen molar-refractivity contribution in [1.29, 1.82) is 0 Å². The summed E-state index contributed by atoms with van der Waals surface area (Å²) in [6.45, 7) is 2.68. The summed E-state index contributed by atoms with van der Waals surface area (Å²) < 4.78 is 12.9. The molecule has 1 heterocycles. The molecule has 4 nitrogen and oxygen atoms in total. The molecule has 0 fully saturated rings. The molecule has 0 bridgehead atoms. The predicted molar refractivity (Wildman–Crippen MR) is 75.7 cm³/mol. The Balaban J connectivity index is 2.34. The second-order valence-electron chi connectivity index (χ2n) is 3.93. The van der Waals surface area contributed by atoms with Crippen molar-refractivity contribution >= 4 is 29.1 Å². The number of nitrogens with zero attached hydrogens (tertiary/aromatic N) is 3.